The van der Waals surface area contributed by atoms with Gasteiger partial charge in [-0.3, -0.25) is 4.90 Å². The van der Waals surface area contributed by atoms with Gasteiger partial charge in [0.15, 0.2) is 0 Å². The van der Waals surface area contributed by atoms with Crippen LogP contribution in [0.3, 0.4) is 0 Å². The highest BCUT2D eigenvalue weighted by atomic mass is 16.7. The van der Waals surface area contributed by atoms with Gasteiger partial charge in [0.05, 0.1) is 0 Å². The molecule has 0 radical (unpaired) electrons. The molecule has 0 saturated carbocycles. The van der Waals surface area contributed by atoms with E-state index in [1.54, 1.807) is 0 Å². The topological polar surface area (TPSA) is 66.8 Å². The van der Waals surface area contributed by atoms with Crippen molar-refractivity contribution in [1.82, 2.24) is 4.90 Å². The molecule has 86 valence electrons. The zero-order valence-corrected chi connectivity index (χ0v) is 8.94. The Labute approximate surface area is 89.0 Å². The van der Waals surface area contributed by atoms with Gasteiger partial charge >= 0.3 is 12.1 Å². The Bertz CT molecular complexity index is 236. The van der Waals surface area contributed by atoms with Crippen LogP contribution in [0.1, 0.15) is 32.6 Å². The third kappa shape index (κ3) is 3.51. The summed E-state index contributed by atoms with van der Waals surface area (Å²) in [6.45, 7) is 3.69. The molecule has 1 fully saturated rings. The van der Waals surface area contributed by atoms with Gasteiger partial charge in [-0.05, 0) is 32.4 Å². The van der Waals surface area contributed by atoms with Gasteiger partial charge in [-0.1, -0.05) is 13.3 Å². The summed E-state index contributed by atoms with van der Waals surface area (Å²) in [6.07, 6.45) is 2.13. The number of esters is 1. The molecular weight excluding hydrogens is 198 g/mol. The van der Waals surface area contributed by atoms with E-state index < -0.39 is 12.1 Å². The van der Waals surface area contributed by atoms with E-state index in [1.165, 1.54) is 0 Å². The van der Waals surface area contributed by atoms with Crippen molar-refractivity contribution in [1.29, 1.82) is 0 Å². The Kier molecular flexibility index (Phi) is 4.55. The molecule has 1 heterocycles. The zero-order chi connectivity index (χ0) is 11.3. The van der Waals surface area contributed by atoms with E-state index in [0.29, 0.717) is 6.42 Å². The molecule has 0 bridgehead atoms. The fraction of sp³-hybridized carbons (Fsp3) is 0.800. The SMILES string of the molecule is CCCC(C(=O)OC(=O)O)N1CCCC1. The predicted octanol–water partition coefficient (Wildman–Crippen LogP) is 1.47. The summed E-state index contributed by atoms with van der Waals surface area (Å²) in [5.74, 6) is -0.633. The highest BCUT2D eigenvalue weighted by molar-refractivity contribution is 5.84. The molecule has 1 saturated heterocycles. The second-order valence-electron chi connectivity index (χ2n) is 3.73. The summed E-state index contributed by atoms with van der Waals surface area (Å²) < 4.78 is 4.21. The van der Waals surface area contributed by atoms with E-state index in [2.05, 4.69) is 4.74 Å². The summed E-state index contributed by atoms with van der Waals surface area (Å²) >= 11 is 0. The molecule has 0 aromatic carbocycles. The Hall–Kier alpha value is -1.10. The standard InChI is InChI=1S/C10H17NO4/c1-2-5-8(9(12)15-10(13)14)11-6-3-4-7-11/h8H,2-7H2,1H3,(H,13,14). The fourth-order valence-electron chi connectivity index (χ4n) is 1.93. The van der Waals surface area contributed by atoms with E-state index in [-0.39, 0.29) is 6.04 Å². The molecule has 1 rings (SSSR count). The first-order valence-corrected chi connectivity index (χ1v) is 5.33. The molecule has 0 spiro atoms. The van der Waals surface area contributed by atoms with E-state index in [1.807, 2.05) is 11.8 Å². The Morgan fingerprint density at radius 1 is 1.40 bits per heavy atom. The van der Waals surface area contributed by atoms with Crippen molar-refractivity contribution in [3.63, 3.8) is 0 Å². The van der Waals surface area contributed by atoms with Gasteiger partial charge in [-0.25, -0.2) is 9.59 Å². The van der Waals surface area contributed by atoms with Crippen molar-refractivity contribution in [2.75, 3.05) is 13.1 Å². The van der Waals surface area contributed by atoms with Crippen LogP contribution in [0.4, 0.5) is 4.79 Å². The van der Waals surface area contributed by atoms with Crippen LogP contribution in [0.15, 0.2) is 0 Å². The van der Waals surface area contributed by atoms with Gasteiger partial charge in [-0.15, -0.1) is 0 Å². The van der Waals surface area contributed by atoms with Gasteiger partial charge < -0.3 is 9.84 Å². The second-order valence-corrected chi connectivity index (χ2v) is 3.73. The van der Waals surface area contributed by atoms with Crippen LogP contribution in [-0.4, -0.2) is 41.3 Å². The van der Waals surface area contributed by atoms with Crippen molar-refractivity contribution >= 4 is 12.1 Å². The van der Waals surface area contributed by atoms with E-state index in [4.69, 9.17) is 5.11 Å². The van der Waals surface area contributed by atoms with Crippen molar-refractivity contribution in [3.8, 4) is 0 Å². The molecule has 1 N–H and O–H groups in total. The maximum Gasteiger partial charge on any atom is 0.513 e. The molecule has 15 heavy (non-hydrogen) atoms. The van der Waals surface area contributed by atoms with Crippen LogP contribution in [0.5, 0.6) is 0 Å². The molecule has 1 aliphatic rings. The number of hydrogen-bond donors (Lipinski definition) is 1. The van der Waals surface area contributed by atoms with Gasteiger partial charge in [0.1, 0.15) is 6.04 Å². The van der Waals surface area contributed by atoms with Crippen LogP contribution < -0.4 is 0 Å². The highest BCUT2D eigenvalue weighted by Gasteiger charge is 2.29. The average molecular weight is 215 g/mol. The Morgan fingerprint density at radius 3 is 2.47 bits per heavy atom. The van der Waals surface area contributed by atoms with E-state index >= 15 is 0 Å². The summed E-state index contributed by atoms with van der Waals surface area (Å²) in [6, 6.07) is -0.381. The lowest BCUT2D eigenvalue weighted by Gasteiger charge is -2.24. The summed E-state index contributed by atoms with van der Waals surface area (Å²) in [5, 5.41) is 8.38. The van der Waals surface area contributed by atoms with Crippen LogP contribution in [-0.2, 0) is 9.53 Å². The number of rotatable bonds is 4. The van der Waals surface area contributed by atoms with E-state index in [0.717, 1.165) is 32.4 Å². The number of nitrogens with zero attached hydrogens (tertiary/aromatic N) is 1. The van der Waals surface area contributed by atoms with Crippen LogP contribution in [0.2, 0.25) is 0 Å². The lowest BCUT2D eigenvalue weighted by Crippen LogP contribution is -2.40. The van der Waals surface area contributed by atoms with Crippen molar-refractivity contribution in [2.24, 2.45) is 0 Å². The lowest BCUT2D eigenvalue weighted by atomic mass is 10.1. The molecule has 5 heteroatoms. The smallest absolute Gasteiger partial charge is 0.449 e. The number of carboxylic acid groups (broad SMARTS) is 1. The fourth-order valence-corrected chi connectivity index (χ4v) is 1.93. The van der Waals surface area contributed by atoms with Crippen LogP contribution in [0.25, 0.3) is 0 Å². The van der Waals surface area contributed by atoms with Crippen LogP contribution >= 0.6 is 0 Å². The first kappa shape index (κ1) is 12.0. The van der Waals surface area contributed by atoms with Crippen LogP contribution in [0, 0.1) is 0 Å². The van der Waals surface area contributed by atoms with Crippen molar-refractivity contribution in [2.45, 2.75) is 38.6 Å². The number of hydrogen-bond acceptors (Lipinski definition) is 4. The van der Waals surface area contributed by atoms with Gasteiger partial charge in [0, 0.05) is 0 Å². The molecule has 5 nitrogen and oxygen atoms in total. The number of likely N-dealkylation sites (tertiary alicyclic amines) is 1. The van der Waals surface area contributed by atoms with Crippen molar-refractivity contribution in [3.05, 3.63) is 0 Å². The number of carbonyl (C=O) groups excluding carboxylic acids is 1. The predicted molar refractivity (Wildman–Crippen MR) is 53.6 cm³/mol. The molecule has 1 unspecified atom stereocenters. The summed E-state index contributed by atoms with van der Waals surface area (Å²) in [7, 11) is 0. The maximum absolute atomic E-state index is 11.5. The summed E-state index contributed by atoms with van der Waals surface area (Å²) in [5.41, 5.74) is 0. The average Bonchev–Trinajstić information content (AvgIpc) is 2.65. The first-order valence-electron chi connectivity index (χ1n) is 5.33. The third-order valence-electron chi connectivity index (χ3n) is 2.60. The quantitative estimate of drug-likeness (QED) is 0.568. The summed E-state index contributed by atoms with van der Waals surface area (Å²) in [4.78, 5) is 23.8. The van der Waals surface area contributed by atoms with Crippen molar-refractivity contribution < 1.29 is 19.4 Å². The molecule has 0 amide bonds. The zero-order valence-electron chi connectivity index (χ0n) is 8.94. The Morgan fingerprint density at radius 2 is 2.00 bits per heavy atom. The van der Waals surface area contributed by atoms with Gasteiger partial charge in [0.25, 0.3) is 0 Å². The minimum absolute atomic E-state index is 0.381. The molecule has 1 atom stereocenters. The number of carbonyl (C=O) groups is 2. The number of ether oxygens (including phenoxy) is 1. The molecule has 0 aromatic rings. The minimum atomic E-state index is -1.51. The molecule has 0 aliphatic carbocycles. The first-order chi connectivity index (χ1) is 7.15. The maximum atomic E-state index is 11.5. The normalized spacial score (nSPS) is 18.7. The molecule has 0 aromatic heterocycles. The monoisotopic (exact) mass is 215 g/mol. The lowest BCUT2D eigenvalue weighted by molar-refractivity contribution is -0.145. The third-order valence-corrected chi connectivity index (χ3v) is 2.60. The molecular formula is C10H17NO4. The van der Waals surface area contributed by atoms with Gasteiger partial charge in [0.2, 0.25) is 0 Å². The second kappa shape index (κ2) is 5.70. The largest absolute Gasteiger partial charge is 0.513 e. The Balaban J connectivity index is 2.55. The molecule has 1 aliphatic heterocycles. The van der Waals surface area contributed by atoms with Gasteiger partial charge in [-0.2, -0.15) is 0 Å². The minimum Gasteiger partial charge on any atom is -0.449 e. The van der Waals surface area contributed by atoms with E-state index in [9.17, 15) is 9.59 Å². The highest BCUT2D eigenvalue weighted by Crippen LogP contribution is 2.16.